The standard InChI is InChI=1S/C14H21N3/c1-4-15-9-8-14-16-12-10-11(3)6-7-13(12)17(14)5-2/h6-7,10,15H,4-5,8-9H2,1-3H3. The summed E-state index contributed by atoms with van der Waals surface area (Å²) in [4.78, 5) is 4.74. The molecule has 1 aromatic heterocycles. The summed E-state index contributed by atoms with van der Waals surface area (Å²) in [6, 6.07) is 6.50. The molecule has 0 amide bonds. The van der Waals surface area contributed by atoms with Gasteiger partial charge in [-0.3, -0.25) is 0 Å². The molecule has 0 aliphatic rings. The van der Waals surface area contributed by atoms with Gasteiger partial charge in [0.05, 0.1) is 11.0 Å². The number of benzene rings is 1. The number of aryl methyl sites for hydroxylation is 2. The predicted molar refractivity (Wildman–Crippen MR) is 72.4 cm³/mol. The van der Waals surface area contributed by atoms with Crippen LogP contribution in [0.25, 0.3) is 11.0 Å². The molecule has 0 aliphatic heterocycles. The lowest BCUT2D eigenvalue weighted by molar-refractivity contribution is 0.655. The lowest BCUT2D eigenvalue weighted by Gasteiger charge is -2.06. The van der Waals surface area contributed by atoms with Crippen molar-refractivity contribution in [3.05, 3.63) is 29.6 Å². The lowest BCUT2D eigenvalue weighted by Crippen LogP contribution is -2.18. The minimum absolute atomic E-state index is 0.987. The van der Waals surface area contributed by atoms with Gasteiger partial charge >= 0.3 is 0 Å². The Balaban J connectivity index is 2.34. The highest BCUT2D eigenvalue weighted by Gasteiger charge is 2.08. The SMILES string of the molecule is CCNCCc1nc2cc(C)ccc2n1CC. The van der Waals surface area contributed by atoms with Crippen molar-refractivity contribution in [2.24, 2.45) is 0 Å². The van der Waals surface area contributed by atoms with E-state index >= 15 is 0 Å². The Hall–Kier alpha value is -1.35. The second-order valence-corrected chi connectivity index (χ2v) is 4.37. The van der Waals surface area contributed by atoms with Gasteiger partial charge in [-0.15, -0.1) is 0 Å². The molecule has 3 nitrogen and oxygen atoms in total. The molecule has 1 N–H and O–H groups in total. The van der Waals surface area contributed by atoms with E-state index in [1.807, 2.05) is 0 Å². The maximum Gasteiger partial charge on any atom is 0.111 e. The molecule has 0 fully saturated rings. The van der Waals surface area contributed by atoms with Crippen molar-refractivity contribution in [3.63, 3.8) is 0 Å². The number of nitrogens with one attached hydrogen (secondary N) is 1. The van der Waals surface area contributed by atoms with Crippen LogP contribution in [0.3, 0.4) is 0 Å². The molecule has 17 heavy (non-hydrogen) atoms. The van der Waals surface area contributed by atoms with Gasteiger partial charge in [0.2, 0.25) is 0 Å². The molecule has 3 heteroatoms. The van der Waals surface area contributed by atoms with Crippen LogP contribution in [0.4, 0.5) is 0 Å². The van der Waals surface area contributed by atoms with Crippen LogP contribution in [-0.2, 0) is 13.0 Å². The number of nitrogens with zero attached hydrogens (tertiary/aromatic N) is 2. The average Bonchev–Trinajstić information content (AvgIpc) is 2.66. The van der Waals surface area contributed by atoms with Gasteiger partial charge in [-0.2, -0.15) is 0 Å². The van der Waals surface area contributed by atoms with Crippen LogP contribution in [-0.4, -0.2) is 22.6 Å². The monoisotopic (exact) mass is 231 g/mol. The molecule has 0 radical (unpaired) electrons. The van der Waals surface area contributed by atoms with Crippen molar-refractivity contribution < 1.29 is 0 Å². The number of hydrogen-bond donors (Lipinski definition) is 1. The largest absolute Gasteiger partial charge is 0.328 e. The molecule has 0 unspecified atom stereocenters. The number of aromatic nitrogens is 2. The third-order valence-electron chi connectivity index (χ3n) is 3.07. The molecule has 2 rings (SSSR count). The second kappa shape index (κ2) is 5.32. The Morgan fingerprint density at radius 1 is 1.29 bits per heavy atom. The van der Waals surface area contributed by atoms with E-state index in [2.05, 4.69) is 48.9 Å². The Labute approximate surface area is 103 Å². The van der Waals surface area contributed by atoms with E-state index in [-0.39, 0.29) is 0 Å². The maximum atomic E-state index is 4.74. The smallest absolute Gasteiger partial charge is 0.111 e. The third-order valence-corrected chi connectivity index (χ3v) is 3.07. The van der Waals surface area contributed by atoms with Gasteiger partial charge in [-0.1, -0.05) is 13.0 Å². The number of hydrogen-bond acceptors (Lipinski definition) is 2. The molecular weight excluding hydrogens is 210 g/mol. The molecule has 0 saturated heterocycles. The first-order valence-electron chi connectivity index (χ1n) is 6.42. The average molecular weight is 231 g/mol. The van der Waals surface area contributed by atoms with Crippen LogP contribution in [0.2, 0.25) is 0 Å². The molecule has 1 heterocycles. The molecule has 1 aromatic carbocycles. The normalized spacial score (nSPS) is 11.2. The highest BCUT2D eigenvalue weighted by Crippen LogP contribution is 2.17. The van der Waals surface area contributed by atoms with Crippen molar-refractivity contribution in [1.82, 2.24) is 14.9 Å². The van der Waals surface area contributed by atoms with E-state index in [9.17, 15) is 0 Å². The zero-order chi connectivity index (χ0) is 12.3. The van der Waals surface area contributed by atoms with Crippen molar-refractivity contribution in [2.75, 3.05) is 13.1 Å². The summed E-state index contributed by atoms with van der Waals surface area (Å²) in [5.41, 5.74) is 3.65. The van der Waals surface area contributed by atoms with Crippen LogP contribution in [0, 0.1) is 6.92 Å². The molecule has 0 atom stereocenters. The minimum atomic E-state index is 0.987. The summed E-state index contributed by atoms with van der Waals surface area (Å²) in [6.45, 7) is 9.43. The first kappa shape index (κ1) is 12.1. The Bertz CT molecular complexity index is 499. The van der Waals surface area contributed by atoms with Gasteiger partial charge in [-0.25, -0.2) is 4.98 Å². The van der Waals surface area contributed by atoms with E-state index in [1.165, 1.54) is 16.9 Å². The lowest BCUT2D eigenvalue weighted by atomic mass is 10.2. The Morgan fingerprint density at radius 3 is 2.82 bits per heavy atom. The van der Waals surface area contributed by atoms with Crippen molar-refractivity contribution >= 4 is 11.0 Å². The third kappa shape index (κ3) is 2.50. The van der Waals surface area contributed by atoms with E-state index in [0.717, 1.165) is 31.6 Å². The fourth-order valence-electron chi connectivity index (χ4n) is 2.21. The van der Waals surface area contributed by atoms with Gasteiger partial charge in [0.1, 0.15) is 5.82 Å². The summed E-state index contributed by atoms with van der Waals surface area (Å²) in [5, 5.41) is 3.35. The summed E-state index contributed by atoms with van der Waals surface area (Å²) in [6.07, 6.45) is 0.995. The molecule has 2 aromatic rings. The first-order valence-corrected chi connectivity index (χ1v) is 6.42. The fourth-order valence-corrected chi connectivity index (χ4v) is 2.21. The number of fused-ring (bicyclic) bond motifs is 1. The number of rotatable bonds is 5. The Kier molecular flexibility index (Phi) is 3.79. The van der Waals surface area contributed by atoms with Gasteiger partial charge in [0, 0.05) is 19.5 Å². The molecule has 0 bridgehead atoms. The highest BCUT2D eigenvalue weighted by molar-refractivity contribution is 5.76. The van der Waals surface area contributed by atoms with E-state index in [4.69, 9.17) is 4.98 Å². The zero-order valence-electron chi connectivity index (χ0n) is 11.0. The maximum absolute atomic E-state index is 4.74. The van der Waals surface area contributed by atoms with Crippen LogP contribution in [0.5, 0.6) is 0 Å². The molecule has 92 valence electrons. The molecular formula is C14H21N3. The fraction of sp³-hybridized carbons (Fsp3) is 0.500. The van der Waals surface area contributed by atoms with Crippen molar-refractivity contribution in [3.8, 4) is 0 Å². The highest BCUT2D eigenvalue weighted by atomic mass is 15.1. The van der Waals surface area contributed by atoms with Crippen LogP contribution >= 0.6 is 0 Å². The van der Waals surface area contributed by atoms with Crippen LogP contribution in [0.1, 0.15) is 25.2 Å². The molecule has 0 spiro atoms. The molecule has 0 aliphatic carbocycles. The zero-order valence-corrected chi connectivity index (χ0v) is 11.0. The topological polar surface area (TPSA) is 29.9 Å². The van der Waals surface area contributed by atoms with E-state index in [1.54, 1.807) is 0 Å². The summed E-state index contributed by atoms with van der Waals surface area (Å²) < 4.78 is 2.31. The van der Waals surface area contributed by atoms with E-state index < -0.39 is 0 Å². The second-order valence-electron chi connectivity index (χ2n) is 4.37. The van der Waals surface area contributed by atoms with Crippen molar-refractivity contribution in [2.45, 2.75) is 33.7 Å². The predicted octanol–water partition coefficient (Wildman–Crippen LogP) is 2.52. The summed E-state index contributed by atoms with van der Waals surface area (Å²) in [7, 11) is 0. The van der Waals surface area contributed by atoms with Crippen molar-refractivity contribution in [1.29, 1.82) is 0 Å². The van der Waals surface area contributed by atoms with Gasteiger partial charge in [-0.05, 0) is 38.1 Å². The van der Waals surface area contributed by atoms with Gasteiger partial charge < -0.3 is 9.88 Å². The van der Waals surface area contributed by atoms with Crippen LogP contribution in [0.15, 0.2) is 18.2 Å². The van der Waals surface area contributed by atoms with Gasteiger partial charge in [0.25, 0.3) is 0 Å². The van der Waals surface area contributed by atoms with Crippen LogP contribution < -0.4 is 5.32 Å². The first-order chi connectivity index (χ1) is 8.26. The quantitative estimate of drug-likeness (QED) is 0.801. The van der Waals surface area contributed by atoms with Gasteiger partial charge in [0.15, 0.2) is 0 Å². The molecule has 0 saturated carbocycles. The van der Waals surface area contributed by atoms with E-state index in [0.29, 0.717) is 0 Å². The number of likely N-dealkylation sites (N-methyl/N-ethyl adjacent to an activating group) is 1. The summed E-state index contributed by atoms with van der Waals surface area (Å²) in [5.74, 6) is 1.19. The summed E-state index contributed by atoms with van der Waals surface area (Å²) >= 11 is 0. The number of imidazole rings is 1. The Morgan fingerprint density at radius 2 is 2.12 bits per heavy atom. The minimum Gasteiger partial charge on any atom is -0.328 e.